The van der Waals surface area contributed by atoms with Gasteiger partial charge in [0, 0.05) is 17.7 Å². The van der Waals surface area contributed by atoms with E-state index in [0.717, 1.165) is 6.42 Å². The number of rotatable bonds is 4. The maximum atomic E-state index is 11.6. The number of hydrogen-bond donors (Lipinski definition) is 3. The fourth-order valence-corrected chi connectivity index (χ4v) is 1.71. The minimum atomic E-state index is -1.17. The minimum Gasteiger partial charge on any atom is -0.478 e. The Labute approximate surface area is 112 Å². The molecule has 0 spiro atoms. The van der Waals surface area contributed by atoms with Crippen molar-refractivity contribution in [2.45, 2.75) is 34.1 Å². The van der Waals surface area contributed by atoms with Crippen LogP contribution in [0.4, 0.5) is 4.79 Å². The molecule has 0 radical (unpaired) electrons. The van der Waals surface area contributed by atoms with Crippen LogP contribution in [-0.4, -0.2) is 29.6 Å². The lowest BCUT2D eigenvalue weighted by Gasteiger charge is -2.08. The van der Waals surface area contributed by atoms with E-state index in [2.05, 4.69) is 24.5 Å². The van der Waals surface area contributed by atoms with Crippen molar-refractivity contribution < 1.29 is 19.5 Å². The summed E-state index contributed by atoms with van der Waals surface area (Å²) in [6, 6.07) is -0.592. The molecule has 1 unspecified atom stereocenters. The molecule has 0 aromatic rings. The Balaban J connectivity index is 2.42. The summed E-state index contributed by atoms with van der Waals surface area (Å²) in [5, 5.41) is 13.5. The quantitative estimate of drug-likeness (QED) is 0.669. The third-order valence-corrected chi connectivity index (χ3v) is 3.68. The highest BCUT2D eigenvalue weighted by Gasteiger charge is 2.45. The van der Waals surface area contributed by atoms with E-state index in [0.29, 0.717) is 12.5 Å². The molecule has 0 aromatic carbocycles. The molecular weight excluding hydrogens is 248 g/mol. The average molecular weight is 268 g/mol. The molecule has 1 aliphatic carbocycles. The van der Waals surface area contributed by atoms with Gasteiger partial charge in [0.05, 0.1) is 0 Å². The molecule has 106 valence electrons. The van der Waals surface area contributed by atoms with E-state index >= 15 is 0 Å². The number of carbonyl (C=O) groups is 3. The van der Waals surface area contributed by atoms with Crippen LogP contribution in [0.25, 0.3) is 0 Å². The van der Waals surface area contributed by atoms with E-state index in [-0.39, 0.29) is 16.6 Å². The summed E-state index contributed by atoms with van der Waals surface area (Å²) < 4.78 is 0. The first-order valence-electron chi connectivity index (χ1n) is 6.15. The second-order valence-electron chi connectivity index (χ2n) is 5.61. The highest BCUT2D eigenvalue weighted by Crippen LogP contribution is 2.50. The van der Waals surface area contributed by atoms with Crippen LogP contribution in [0.5, 0.6) is 0 Å². The Bertz CT molecular complexity index is 452. The Hall–Kier alpha value is -1.85. The number of hydrogen-bond acceptors (Lipinski definition) is 3. The molecular formula is C13H20N2O4. The lowest BCUT2D eigenvalue weighted by molar-refractivity contribution is -0.133. The van der Waals surface area contributed by atoms with Gasteiger partial charge in [0.1, 0.15) is 0 Å². The van der Waals surface area contributed by atoms with Crippen LogP contribution in [0.1, 0.15) is 34.1 Å². The van der Waals surface area contributed by atoms with Gasteiger partial charge in [-0.05, 0) is 31.6 Å². The molecule has 1 rings (SSSR count). The van der Waals surface area contributed by atoms with Crippen molar-refractivity contribution >= 4 is 17.9 Å². The molecule has 0 aromatic heterocycles. The largest absolute Gasteiger partial charge is 0.478 e. The monoisotopic (exact) mass is 268 g/mol. The Morgan fingerprint density at radius 2 is 1.74 bits per heavy atom. The molecule has 3 N–H and O–H groups in total. The lowest BCUT2D eigenvalue weighted by atomic mass is 10.1. The predicted molar refractivity (Wildman–Crippen MR) is 69.4 cm³/mol. The summed E-state index contributed by atoms with van der Waals surface area (Å²) in [7, 11) is 0. The third kappa shape index (κ3) is 4.08. The van der Waals surface area contributed by atoms with E-state index in [4.69, 9.17) is 5.11 Å². The number of carboxylic acid groups (broad SMARTS) is 1. The van der Waals surface area contributed by atoms with Crippen molar-refractivity contribution in [2.75, 3.05) is 6.54 Å². The first-order chi connectivity index (χ1) is 8.65. The first-order valence-corrected chi connectivity index (χ1v) is 6.15. The molecule has 1 aliphatic rings. The zero-order valence-corrected chi connectivity index (χ0v) is 11.7. The Morgan fingerprint density at radius 3 is 2.16 bits per heavy atom. The van der Waals surface area contributed by atoms with Crippen molar-refractivity contribution in [1.29, 1.82) is 0 Å². The molecule has 6 nitrogen and oxygen atoms in total. The maximum Gasteiger partial charge on any atom is 0.331 e. The topological polar surface area (TPSA) is 95.5 Å². The van der Waals surface area contributed by atoms with E-state index < -0.39 is 17.9 Å². The summed E-state index contributed by atoms with van der Waals surface area (Å²) >= 11 is 0. The summed E-state index contributed by atoms with van der Waals surface area (Å²) in [5.41, 5.74) is 0.204. The van der Waals surface area contributed by atoms with Gasteiger partial charge in [0.15, 0.2) is 0 Å². The van der Waals surface area contributed by atoms with Gasteiger partial charge in [-0.1, -0.05) is 13.8 Å². The number of carboxylic acids is 1. The van der Waals surface area contributed by atoms with Gasteiger partial charge in [-0.2, -0.15) is 0 Å². The van der Waals surface area contributed by atoms with Crippen LogP contribution < -0.4 is 10.6 Å². The molecule has 1 atom stereocenters. The van der Waals surface area contributed by atoms with Gasteiger partial charge in [-0.3, -0.25) is 10.1 Å². The summed E-state index contributed by atoms with van der Waals surface area (Å²) in [6.45, 7) is 7.45. The van der Waals surface area contributed by atoms with Crippen LogP contribution >= 0.6 is 0 Å². The van der Waals surface area contributed by atoms with E-state index in [9.17, 15) is 14.4 Å². The zero-order valence-electron chi connectivity index (χ0n) is 11.7. The summed E-state index contributed by atoms with van der Waals surface area (Å²) in [6.07, 6.45) is 1.05. The van der Waals surface area contributed by atoms with Crippen LogP contribution in [0.15, 0.2) is 11.1 Å². The Kier molecular flexibility index (Phi) is 4.34. The smallest absolute Gasteiger partial charge is 0.331 e. The van der Waals surface area contributed by atoms with E-state index in [1.807, 2.05) is 0 Å². The second kappa shape index (κ2) is 5.42. The van der Waals surface area contributed by atoms with Gasteiger partial charge >= 0.3 is 12.0 Å². The second-order valence-corrected chi connectivity index (χ2v) is 5.61. The normalized spacial score (nSPS) is 21.2. The summed E-state index contributed by atoms with van der Waals surface area (Å²) in [4.78, 5) is 33.8. The molecule has 0 bridgehead atoms. The number of urea groups is 1. The molecule has 1 saturated carbocycles. The first kappa shape index (κ1) is 15.2. The van der Waals surface area contributed by atoms with Gasteiger partial charge in [0.2, 0.25) is 0 Å². The molecule has 1 fully saturated rings. The number of nitrogens with one attached hydrogen (secondary N) is 2. The third-order valence-electron chi connectivity index (χ3n) is 3.68. The fourth-order valence-electron chi connectivity index (χ4n) is 1.71. The zero-order chi connectivity index (χ0) is 14.8. The molecule has 19 heavy (non-hydrogen) atoms. The minimum absolute atomic E-state index is 0.0226. The standard InChI is InChI=1S/C13H20N2O4/c1-7(8(2)11(17)18)10(16)15-12(19)14-6-9-5-13(9,3)4/h9H,5-6H2,1-4H3,(H,17,18)(H2,14,15,16,19). The number of carbonyl (C=O) groups excluding carboxylic acids is 2. The molecule has 0 saturated heterocycles. The van der Waals surface area contributed by atoms with Gasteiger partial charge < -0.3 is 10.4 Å². The molecule has 6 heteroatoms. The highest BCUT2D eigenvalue weighted by atomic mass is 16.4. The van der Waals surface area contributed by atoms with Crippen molar-refractivity contribution in [2.24, 2.45) is 11.3 Å². The van der Waals surface area contributed by atoms with Crippen molar-refractivity contribution in [1.82, 2.24) is 10.6 Å². The Morgan fingerprint density at radius 1 is 1.21 bits per heavy atom. The van der Waals surface area contributed by atoms with Crippen molar-refractivity contribution in [3.8, 4) is 0 Å². The van der Waals surface area contributed by atoms with Crippen LogP contribution in [0, 0.1) is 11.3 Å². The fraction of sp³-hybridized carbons (Fsp3) is 0.615. The van der Waals surface area contributed by atoms with Gasteiger partial charge in [-0.25, -0.2) is 9.59 Å². The van der Waals surface area contributed by atoms with Gasteiger partial charge in [-0.15, -0.1) is 0 Å². The van der Waals surface area contributed by atoms with Crippen LogP contribution in [-0.2, 0) is 9.59 Å². The van der Waals surface area contributed by atoms with Crippen LogP contribution in [0.3, 0.4) is 0 Å². The molecule has 0 aliphatic heterocycles. The van der Waals surface area contributed by atoms with E-state index in [1.165, 1.54) is 13.8 Å². The number of amides is 3. The van der Waals surface area contributed by atoms with Crippen molar-refractivity contribution in [3.63, 3.8) is 0 Å². The SMILES string of the molecule is CC(C(=O)O)=C(C)C(=O)NC(=O)NCC1CC1(C)C. The highest BCUT2D eigenvalue weighted by molar-refractivity contribution is 6.07. The summed E-state index contributed by atoms with van der Waals surface area (Å²) in [5.74, 6) is -1.43. The number of imide groups is 1. The van der Waals surface area contributed by atoms with E-state index in [1.54, 1.807) is 0 Å². The average Bonchev–Trinajstić information content (AvgIpc) is 2.92. The molecule has 3 amide bonds. The maximum absolute atomic E-state index is 11.6. The van der Waals surface area contributed by atoms with Gasteiger partial charge in [0.25, 0.3) is 5.91 Å². The van der Waals surface area contributed by atoms with Crippen molar-refractivity contribution in [3.05, 3.63) is 11.1 Å². The number of aliphatic carboxylic acids is 1. The van der Waals surface area contributed by atoms with Crippen LogP contribution in [0.2, 0.25) is 0 Å². The predicted octanol–water partition coefficient (Wildman–Crippen LogP) is 1.28. The lowest BCUT2D eigenvalue weighted by Crippen LogP contribution is -2.41. The molecule has 0 heterocycles.